The maximum absolute atomic E-state index is 14.9. The molecule has 6 nitrogen and oxygen atoms in total. The highest BCUT2D eigenvalue weighted by Gasteiger charge is 2.20. The van der Waals surface area contributed by atoms with Crippen LogP contribution in [0.2, 0.25) is 0 Å². The Bertz CT molecular complexity index is 1160. The van der Waals surface area contributed by atoms with Crippen molar-refractivity contribution >= 4 is 11.5 Å². The van der Waals surface area contributed by atoms with Crippen LogP contribution in [-0.4, -0.2) is 72.6 Å². The zero-order chi connectivity index (χ0) is 28.9. The average Bonchev–Trinajstić information content (AvgIpc) is 2.93. The van der Waals surface area contributed by atoms with Crippen molar-refractivity contribution in [1.29, 1.82) is 0 Å². The van der Waals surface area contributed by atoms with Crippen molar-refractivity contribution < 1.29 is 13.9 Å². The molecule has 0 aliphatic carbocycles. The minimum Gasteiger partial charge on any atom is -0.383 e. The van der Waals surface area contributed by atoms with Crippen molar-refractivity contribution in [3.63, 3.8) is 0 Å². The molecule has 0 N–H and O–H groups in total. The predicted octanol–water partition coefficient (Wildman–Crippen LogP) is 5.77. The van der Waals surface area contributed by atoms with Crippen molar-refractivity contribution in [3.8, 4) is 12.3 Å². The lowest BCUT2D eigenvalue weighted by atomic mass is 10.0. The second kappa shape index (κ2) is 15.8. The summed E-state index contributed by atoms with van der Waals surface area (Å²) in [5.41, 5.74) is 3.41. The zero-order valence-electron chi connectivity index (χ0n) is 24.3. The fourth-order valence-corrected chi connectivity index (χ4v) is 4.15. The van der Waals surface area contributed by atoms with Crippen molar-refractivity contribution in [2.45, 2.75) is 41.0 Å². The molecule has 210 valence electrons. The molecular weight excluding hydrogens is 491 g/mol. The van der Waals surface area contributed by atoms with Crippen LogP contribution >= 0.6 is 0 Å². The van der Waals surface area contributed by atoms with Crippen LogP contribution in [0.3, 0.4) is 0 Å². The molecule has 0 spiro atoms. The molecule has 1 unspecified atom stereocenters. The maximum Gasteiger partial charge on any atom is 0.154 e. The Labute approximate surface area is 234 Å². The topological polar surface area (TPSA) is 48.4 Å². The lowest BCUT2D eigenvalue weighted by Gasteiger charge is -2.36. The van der Waals surface area contributed by atoms with Crippen LogP contribution < -0.4 is 0 Å². The largest absolute Gasteiger partial charge is 0.383 e. The third-order valence-electron chi connectivity index (χ3n) is 6.96. The summed E-state index contributed by atoms with van der Waals surface area (Å²) in [7, 11) is 1.72. The Morgan fingerprint density at radius 2 is 1.97 bits per heavy atom. The van der Waals surface area contributed by atoms with Crippen molar-refractivity contribution in [2.24, 2.45) is 10.9 Å². The molecule has 2 heterocycles. The number of halogens is 1. The van der Waals surface area contributed by atoms with Gasteiger partial charge in [0.2, 0.25) is 0 Å². The Morgan fingerprint density at radius 1 is 1.28 bits per heavy atom. The average molecular weight is 535 g/mol. The minimum absolute atomic E-state index is 0.216. The summed E-state index contributed by atoms with van der Waals surface area (Å²) in [6.45, 7) is 18.9. The van der Waals surface area contributed by atoms with E-state index in [1.165, 1.54) is 19.1 Å². The Hall–Kier alpha value is -3.47. The molecule has 0 amide bonds. The van der Waals surface area contributed by atoms with Gasteiger partial charge in [-0.2, -0.15) is 0 Å². The number of nitrogens with zero attached hydrogens (tertiary/aromatic N) is 4. The maximum atomic E-state index is 14.9. The lowest BCUT2D eigenvalue weighted by molar-refractivity contribution is -0.112. The van der Waals surface area contributed by atoms with Gasteiger partial charge in [0.1, 0.15) is 11.5 Å². The number of rotatable bonds is 12. The standard InChI is InChI=1S/C32H43FN4O2/c1-9-24(4)25(5)22-37-23-28(21-31(33)27(37)7)32(20-26(6)38)34-29(10-2)12-13-30(11-3)36-16-14-35(15-17-36)18-19-39-8/h2,11-13,20-24H,7,9,14-19H2,1,3-6,8H3/b13-12-,25-22-,30-11+,32-20-,34-29+. The molecule has 0 saturated carbocycles. The highest BCUT2D eigenvalue weighted by atomic mass is 19.1. The molecular formula is C32H43FN4O2. The summed E-state index contributed by atoms with van der Waals surface area (Å²) in [5, 5.41) is 0. The van der Waals surface area contributed by atoms with E-state index in [9.17, 15) is 9.18 Å². The molecule has 0 radical (unpaired) electrons. The molecule has 0 aromatic carbocycles. The number of carbonyl (C=O) groups excluding carboxylic acids is 1. The van der Waals surface area contributed by atoms with E-state index in [-0.39, 0.29) is 17.2 Å². The van der Waals surface area contributed by atoms with Gasteiger partial charge in [-0.15, -0.1) is 6.42 Å². The van der Waals surface area contributed by atoms with Gasteiger partial charge in [0.15, 0.2) is 5.78 Å². The summed E-state index contributed by atoms with van der Waals surface area (Å²) >= 11 is 0. The van der Waals surface area contributed by atoms with E-state index in [0.29, 0.717) is 17.2 Å². The minimum atomic E-state index is -0.496. The summed E-state index contributed by atoms with van der Waals surface area (Å²) < 4.78 is 20.1. The van der Waals surface area contributed by atoms with Gasteiger partial charge < -0.3 is 14.5 Å². The van der Waals surface area contributed by atoms with Crippen LogP contribution in [0.1, 0.15) is 41.0 Å². The van der Waals surface area contributed by atoms with E-state index in [1.54, 1.807) is 24.3 Å². The van der Waals surface area contributed by atoms with Crippen LogP contribution in [0.5, 0.6) is 0 Å². The Balaban J connectivity index is 2.33. The summed E-state index contributed by atoms with van der Waals surface area (Å²) in [6.07, 6.45) is 18.8. The zero-order valence-corrected chi connectivity index (χ0v) is 24.3. The van der Waals surface area contributed by atoms with E-state index in [0.717, 1.165) is 57.0 Å². The van der Waals surface area contributed by atoms with Crippen LogP contribution in [0.15, 0.2) is 88.4 Å². The highest BCUT2D eigenvalue weighted by Crippen LogP contribution is 2.30. The number of aliphatic imine (C=N–C) groups is 1. The number of methoxy groups -OCH3 is 1. The highest BCUT2D eigenvalue weighted by molar-refractivity contribution is 6.09. The molecule has 0 aromatic rings. The van der Waals surface area contributed by atoms with Crippen molar-refractivity contribution in [1.82, 2.24) is 14.7 Å². The van der Waals surface area contributed by atoms with Crippen LogP contribution in [-0.2, 0) is 9.53 Å². The van der Waals surface area contributed by atoms with Crippen molar-refractivity contribution in [2.75, 3.05) is 46.4 Å². The van der Waals surface area contributed by atoms with Gasteiger partial charge in [-0.25, -0.2) is 9.38 Å². The molecule has 1 saturated heterocycles. The fraction of sp³-hybridized carbons (Fsp3) is 0.438. The lowest BCUT2D eigenvalue weighted by Crippen LogP contribution is -2.46. The second-order valence-electron chi connectivity index (χ2n) is 9.76. The molecule has 39 heavy (non-hydrogen) atoms. The Kier molecular flexibility index (Phi) is 12.9. The quantitative estimate of drug-likeness (QED) is 0.138. The molecule has 7 heteroatoms. The first-order valence-corrected chi connectivity index (χ1v) is 13.5. The number of allylic oxidation sites excluding steroid dienone is 7. The molecule has 2 aliphatic rings. The second-order valence-corrected chi connectivity index (χ2v) is 9.76. The van der Waals surface area contributed by atoms with E-state index in [4.69, 9.17) is 11.2 Å². The normalized spacial score (nSPS) is 19.3. The number of hydrogen-bond donors (Lipinski definition) is 0. The molecule has 1 atom stereocenters. The van der Waals surface area contributed by atoms with Crippen molar-refractivity contribution in [3.05, 3.63) is 83.4 Å². The molecule has 1 fully saturated rings. The number of ether oxygens (including phenoxy) is 1. The van der Waals surface area contributed by atoms with Gasteiger partial charge in [-0.3, -0.25) is 9.69 Å². The first-order chi connectivity index (χ1) is 18.6. The number of terminal acetylenes is 1. The number of ketones is 1. The first-order valence-electron chi connectivity index (χ1n) is 13.5. The number of hydrogen-bond acceptors (Lipinski definition) is 6. The van der Waals surface area contributed by atoms with E-state index in [2.05, 4.69) is 41.1 Å². The summed E-state index contributed by atoms with van der Waals surface area (Å²) in [4.78, 5) is 23.0. The van der Waals surface area contributed by atoms with Gasteiger partial charge in [-0.05, 0) is 51.3 Å². The number of piperazine rings is 1. The van der Waals surface area contributed by atoms with E-state index < -0.39 is 5.83 Å². The molecule has 0 bridgehead atoms. The van der Waals surface area contributed by atoms with E-state index in [1.807, 2.05) is 32.2 Å². The third-order valence-corrected chi connectivity index (χ3v) is 6.96. The third kappa shape index (κ3) is 9.65. The SMILES string of the molecule is C#CC(/C=C\C(=C/C)N1CCN(CCOC)CC1)=N\C(=C/C(C)=O)C1=CN(/C=C(/C)C(C)CC)C(=C)C(F)=C1. The van der Waals surface area contributed by atoms with Gasteiger partial charge in [-0.1, -0.05) is 38.0 Å². The van der Waals surface area contributed by atoms with Gasteiger partial charge >= 0.3 is 0 Å². The molecule has 2 rings (SSSR count). The van der Waals surface area contributed by atoms with Crippen LogP contribution in [0.25, 0.3) is 0 Å². The summed E-state index contributed by atoms with van der Waals surface area (Å²) in [6, 6.07) is 0. The Morgan fingerprint density at radius 3 is 2.54 bits per heavy atom. The molecule has 0 aromatic heterocycles. The van der Waals surface area contributed by atoms with Gasteiger partial charge in [0.25, 0.3) is 0 Å². The molecule has 2 aliphatic heterocycles. The smallest absolute Gasteiger partial charge is 0.154 e. The van der Waals surface area contributed by atoms with Crippen LogP contribution in [0, 0.1) is 18.3 Å². The summed E-state index contributed by atoms with van der Waals surface area (Å²) in [5.74, 6) is 2.22. The van der Waals surface area contributed by atoms with Crippen LogP contribution in [0.4, 0.5) is 4.39 Å². The van der Waals surface area contributed by atoms with E-state index >= 15 is 0 Å². The first kappa shape index (κ1) is 31.7. The monoisotopic (exact) mass is 534 g/mol. The number of carbonyl (C=O) groups is 1. The fourth-order valence-electron chi connectivity index (χ4n) is 4.15. The van der Waals surface area contributed by atoms with Gasteiger partial charge in [0.05, 0.1) is 18.0 Å². The van der Waals surface area contributed by atoms with Gasteiger partial charge in [0, 0.05) is 69.6 Å². The predicted molar refractivity (Wildman–Crippen MR) is 159 cm³/mol.